The molecule has 6 nitrogen and oxygen atoms in total. The van der Waals surface area contributed by atoms with Gasteiger partial charge in [-0.1, -0.05) is 26.0 Å². The van der Waals surface area contributed by atoms with Gasteiger partial charge in [0.2, 0.25) is 0 Å². The van der Waals surface area contributed by atoms with Gasteiger partial charge in [-0.2, -0.15) is 0 Å². The average Bonchev–Trinajstić information content (AvgIpc) is 3.02. The fraction of sp³-hybridized carbons (Fsp3) is 0.238. The van der Waals surface area contributed by atoms with Gasteiger partial charge in [0.05, 0.1) is 22.3 Å². The van der Waals surface area contributed by atoms with Gasteiger partial charge in [0.1, 0.15) is 0 Å². The molecule has 0 spiro atoms. The molecular weight excluding hydrogens is 344 g/mol. The molecule has 27 heavy (non-hydrogen) atoms. The summed E-state index contributed by atoms with van der Waals surface area (Å²) in [6.45, 7) is 3.96. The Kier molecular flexibility index (Phi) is 3.40. The number of benzene rings is 2. The number of fused-ring (bicyclic) bond motifs is 2. The van der Waals surface area contributed by atoms with Gasteiger partial charge in [-0.3, -0.25) is 29.0 Å². The lowest BCUT2D eigenvalue weighted by Gasteiger charge is -2.27. The van der Waals surface area contributed by atoms with E-state index >= 15 is 0 Å². The van der Waals surface area contributed by atoms with E-state index in [-0.39, 0.29) is 23.6 Å². The minimum Gasteiger partial charge on any atom is -0.277 e. The largest absolute Gasteiger partial charge is 0.277 e. The molecule has 0 bridgehead atoms. The zero-order valence-corrected chi connectivity index (χ0v) is 15.5. The van der Waals surface area contributed by atoms with Gasteiger partial charge >= 0.3 is 0 Å². The van der Waals surface area contributed by atoms with Crippen molar-refractivity contribution in [1.82, 2.24) is 9.80 Å². The Hall–Kier alpha value is -3.28. The lowest BCUT2D eigenvalue weighted by atomic mass is 9.76. The topological polar surface area (TPSA) is 74.8 Å². The maximum atomic E-state index is 12.3. The van der Waals surface area contributed by atoms with Crippen molar-refractivity contribution < 1.29 is 19.2 Å². The van der Waals surface area contributed by atoms with E-state index in [1.165, 1.54) is 14.1 Å². The van der Waals surface area contributed by atoms with Crippen LogP contribution in [-0.2, 0) is 5.41 Å². The summed E-state index contributed by atoms with van der Waals surface area (Å²) in [6, 6.07) is 10.5. The molecule has 2 aromatic carbocycles. The van der Waals surface area contributed by atoms with E-state index in [1.54, 1.807) is 24.3 Å². The number of carbonyl (C=O) groups excluding carboxylic acids is 4. The van der Waals surface area contributed by atoms with Crippen LogP contribution >= 0.6 is 0 Å². The zero-order chi connectivity index (χ0) is 19.7. The predicted octanol–water partition coefficient (Wildman–Crippen LogP) is 2.46. The van der Waals surface area contributed by atoms with Gasteiger partial charge in [-0.05, 0) is 35.4 Å². The molecule has 6 heteroatoms. The molecule has 136 valence electrons. The molecule has 0 radical (unpaired) electrons. The first-order chi connectivity index (χ1) is 12.6. The number of amides is 4. The predicted molar refractivity (Wildman–Crippen MR) is 97.9 cm³/mol. The second kappa shape index (κ2) is 5.36. The average molecular weight is 362 g/mol. The first-order valence-electron chi connectivity index (χ1n) is 8.58. The molecule has 4 rings (SSSR count). The number of imide groups is 2. The van der Waals surface area contributed by atoms with Crippen molar-refractivity contribution in [3.8, 4) is 0 Å². The van der Waals surface area contributed by atoms with Gasteiger partial charge < -0.3 is 0 Å². The fourth-order valence-electron chi connectivity index (χ4n) is 3.67. The summed E-state index contributed by atoms with van der Waals surface area (Å²) in [5, 5.41) is 0. The first-order valence-corrected chi connectivity index (χ1v) is 8.58. The second-order valence-corrected chi connectivity index (χ2v) is 7.48. The standard InChI is InChI=1S/C21H18N2O4/c1-21(2,11-5-7-13-15(9-11)19(26)22(3)17(13)24)12-6-8-14-16(10-12)20(27)23(4)18(14)25/h5-10H,1-4H3. The van der Waals surface area contributed by atoms with E-state index in [0.717, 1.165) is 20.9 Å². The van der Waals surface area contributed by atoms with Crippen LogP contribution in [0.1, 0.15) is 66.4 Å². The van der Waals surface area contributed by atoms with Crippen molar-refractivity contribution in [1.29, 1.82) is 0 Å². The smallest absolute Gasteiger partial charge is 0.261 e. The molecule has 2 aliphatic heterocycles. The Balaban J connectivity index is 1.80. The molecule has 0 saturated heterocycles. The molecule has 2 aromatic rings. The Bertz CT molecular complexity index is 984. The normalized spacial score (nSPS) is 16.3. The minimum absolute atomic E-state index is 0.302. The van der Waals surface area contributed by atoms with E-state index < -0.39 is 5.41 Å². The van der Waals surface area contributed by atoms with Crippen molar-refractivity contribution in [3.05, 3.63) is 69.8 Å². The van der Waals surface area contributed by atoms with Crippen LogP contribution < -0.4 is 0 Å². The van der Waals surface area contributed by atoms with E-state index in [9.17, 15) is 19.2 Å². The van der Waals surface area contributed by atoms with Crippen molar-refractivity contribution in [2.45, 2.75) is 19.3 Å². The second-order valence-electron chi connectivity index (χ2n) is 7.48. The SMILES string of the molecule is CN1C(=O)c2ccc(C(C)(C)c3ccc4c(c3)C(=O)N(C)C4=O)cc2C1=O. The van der Waals surface area contributed by atoms with Crippen molar-refractivity contribution in [2.24, 2.45) is 0 Å². The maximum Gasteiger partial charge on any atom is 0.261 e. The molecule has 0 N–H and O–H groups in total. The minimum atomic E-state index is -0.529. The van der Waals surface area contributed by atoms with E-state index in [1.807, 2.05) is 26.0 Å². The van der Waals surface area contributed by atoms with Gasteiger partial charge in [0.25, 0.3) is 23.6 Å². The lowest BCUT2D eigenvalue weighted by Crippen LogP contribution is -2.24. The molecule has 2 heterocycles. The Morgan fingerprint density at radius 3 is 1.30 bits per heavy atom. The molecule has 0 aromatic heterocycles. The van der Waals surface area contributed by atoms with Crippen LogP contribution in [0.15, 0.2) is 36.4 Å². The van der Waals surface area contributed by atoms with Gasteiger partial charge in [0.15, 0.2) is 0 Å². The van der Waals surface area contributed by atoms with Crippen molar-refractivity contribution in [3.63, 3.8) is 0 Å². The van der Waals surface area contributed by atoms with Crippen molar-refractivity contribution in [2.75, 3.05) is 14.1 Å². The highest BCUT2D eigenvalue weighted by Gasteiger charge is 2.37. The highest BCUT2D eigenvalue weighted by Crippen LogP contribution is 2.36. The molecule has 4 amide bonds. The Morgan fingerprint density at radius 1 is 0.593 bits per heavy atom. The summed E-state index contributed by atoms with van der Waals surface area (Å²) in [7, 11) is 2.93. The Labute approximate surface area is 156 Å². The first kappa shape index (κ1) is 17.1. The zero-order valence-electron chi connectivity index (χ0n) is 15.5. The highest BCUT2D eigenvalue weighted by molar-refractivity contribution is 6.22. The van der Waals surface area contributed by atoms with Crippen LogP contribution in [0.4, 0.5) is 0 Å². The fourth-order valence-corrected chi connectivity index (χ4v) is 3.67. The Morgan fingerprint density at radius 2 is 0.926 bits per heavy atom. The van der Waals surface area contributed by atoms with Crippen LogP contribution in [0, 0.1) is 0 Å². The molecule has 2 aliphatic rings. The maximum absolute atomic E-state index is 12.3. The molecule has 0 atom stereocenters. The summed E-state index contributed by atoms with van der Waals surface area (Å²) < 4.78 is 0. The van der Waals surface area contributed by atoms with Gasteiger partial charge in [0, 0.05) is 19.5 Å². The lowest BCUT2D eigenvalue weighted by molar-refractivity contribution is 0.0678. The quantitative estimate of drug-likeness (QED) is 0.769. The molecule has 0 aliphatic carbocycles. The summed E-state index contributed by atoms with van der Waals surface area (Å²) in [4.78, 5) is 51.0. The number of nitrogens with zero attached hydrogens (tertiary/aromatic N) is 2. The summed E-state index contributed by atoms with van der Waals surface area (Å²) in [5.74, 6) is -1.24. The number of carbonyl (C=O) groups is 4. The third-order valence-corrected chi connectivity index (χ3v) is 5.62. The van der Waals surface area contributed by atoms with Crippen LogP contribution in [0.3, 0.4) is 0 Å². The van der Waals surface area contributed by atoms with E-state index in [2.05, 4.69) is 0 Å². The molecule has 0 fully saturated rings. The van der Waals surface area contributed by atoms with Crippen LogP contribution in [0.5, 0.6) is 0 Å². The number of hydrogen-bond acceptors (Lipinski definition) is 4. The van der Waals surface area contributed by atoms with E-state index in [4.69, 9.17) is 0 Å². The van der Waals surface area contributed by atoms with Crippen LogP contribution in [0.25, 0.3) is 0 Å². The van der Waals surface area contributed by atoms with Crippen molar-refractivity contribution >= 4 is 23.6 Å². The molecule has 0 saturated carbocycles. The highest BCUT2D eigenvalue weighted by atomic mass is 16.2. The number of rotatable bonds is 2. The number of hydrogen-bond donors (Lipinski definition) is 0. The molecule has 0 unspecified atom stereocenters. The summed E-state index contributed by atoms with van der Waals surface area (Å²) >= 11 is 0. The van der Waals surface area contributed by atoms with E-state index in [0.29, 0.717) is 22.3 Å². The third-order valence-electron chi connectivity index (χ3n) is 5.62. The van der Waals surface area contributed by atoms with Crippen LogP contribution in [0.2, 0.25) is 0 Å². The van der Waals surface area contributed by atoms with Gasteiger partial charge in [-0.25, -0.2) is 0 Å². The molecular formula is C21H18N2O4. The third kappa shape index (κ3) is 2.19. The summed E-state index contributed by atoms with van der Waals surface area (Å²) in [5.41, 5.74) is 2.75. The van der Waals surface area contributed by atoms with Gasteiger partial charge in [-0.15, -0.1) is 0 Å². The van der Waals surface area contributed by atoms with Crippen LogP contribution in [-0.4, -0.2) is 47.5 Å². The monoisotopic (exact) mass is 362 g/mol. The summed E-state index contributed by atoms with van der Waals surface area (Å²) in [6.07, 6.45) is 0.